The van der Waals surface area contributed by atoms with Crippen molar-refractivity contribution in [2.45, 2.75) is 6.92 Å². The first kappa shape index (κ1) is 17.7. The van der Waals surface area contributed by atoms with Gasteiger partial charge in [-0.05, 0) is 12.1 Å². The van der Waals surface area contributed by atoms with Crippen LogP contribution in [0, 0.1) is 0 Å². The molecule has 2 aromatic rings. The fourth-order valence-electron chi connectivity index (χ4n) is 2.89. The molecule has 8 nitrogen and oxygen atoms in total. The number of hydrogen-bond donors (Lipinski definition) is 1. The minimum Gasteiger partial charge on any atom is -0.483 e. The summed E-state index contributed by atoms with van der Waals surface area (Å²) in [6, 6.07) is 8.62. The molecule has 3 amide bonds. The Balaban J connectivity index is 1.70. The zero-order valence-electron chi connectivity index (χ0n) is 14.5. The summed E-state index contributed by atoms with van der Waals surface area (Å²) >= 11 is 0. The van der Waals surface area contributed by atoms with E-state index in [1.165, 1.54) is 13.0 Å². The van der Waals surface area contributed by atoms with E-state index in [0.717, 1.165) is 0 Å². The van der Waals surface area contributed by atoms with Crippen LogP contribution in [0.25, 0.3) is 10.9 Å². The number of nitrogens with zero attached hydrogens (tertiary/aromatic N) is 3. The molecule has 1 aromatic heterocycles. The third-order valence-corrected chi connectivity index (χ3v) is 4.36. The van der Waals surface area contributed by atoms with E-state index in [0.29, 0.717) is 42.8 Å². The maximum Gasteiger partial charge on any atom is 0.267 e. The lowest BCUT2D eigenvalue weighted by Gasteiger charge is -2.34. The van der Waals surface area contributed by atoms with Gasteiger partial charge in [0.05, 0.1) is 5.52 Å². The van der Waals surface area contributed by atoms with Crippen molar-refractivity contribution < 1.29 is 19.1 Å². The first-order chi connectivity index (χ1) is 12.5. The number of amides is 3. The quantitative estimate of drug-likeness (QED) is 0.854. The van der Waals surface area contributed by atoms with Gasteiger partial charge in [0.1, 0.15) is 11.4 Å². The first-order valence-corrected chi connectivity index (χ1v) is 8.31. The lowest BCUT2D eigenvalue weighted by atomic mass is 10.2. The van der Waals surface area contributed by atoms with Crippen LogP contribution in [0.4, 0.5) is 0 Å². The summed E-state index contributed by atoms with van der Waals surface area (Å²) in [5, 5.41) is 0.701. The Hall–Kier alpha value is -3.16. The van der Waals surface area contributed by atoms with Crippen molar-refractivity contribution in [3.05, 3.63) is 36.0 Å². The van der Waals surface area contributed by atoms with Crippen molar-refractivity contribution in [1.82, 2.24) is 14.8 Å². The molecule has 1 aliphatic rings. The molecule has 0 saturated carbocycles. The molecular weight excluding hydrogens is 336 g/mol. The van der Waals surface area contributed by atoms with E-state index in [1.807, 2.05) is 6.07 Å². The number of piperazine rings is 1. The van der Waals surface area contributed by atoms with Crippen LogP contribution in [0.1, 0.15) is 17.4 Å². The molecule has 2 N–H and O–H groups in total. The molecule has 1 fully saturated rings. The molecule has 0 bridgehead atoms. The topological polar surface area (TPSA) is 106 Å². The van der Waals surface area contributed by atoms with Gasteiger partial charge in [-0.25, -0.2) is 4.98 Å². The van der Waals surface area contributed by atoms with Gasteiger partial charge in [-0.3, -0.25) is 14.4 Å². The molecule has 0 atom stereocenters. The SMILES string of the molecule is CC(=O)N1CCN(C(=O)COc2cc(C(N)=O)nc3ccccc23)CC1. The minimum absolute atomic E-state index is 0.00980. The maximum atomic E-state index is 12.4. The largest absolute Gasteiger partial charge is 0.483 e. The van der Waals surface area contributed by atoms with E-state index in [9.17, 15) is 14.4 Å². The molecule has 0 spiro atoms. The van der Waals surface area contributed by atoms with Crippen LogP contribution in [0.5, 0.6) is 5.75 Å². The van der Waals surface area contributed by atoms with Gasteiger partial charge in [0, 0.05) is 44.6 Å². The van der Waals surface area contributed by atoms with Gasteiger partial charge >= 0.3 is 0 Å². The van der Waals surface area contributed by atoms with Crippen molar-refractivity contribution in [3.8, 4) is 5.75 Å². The lowest BCUT2D eigenvalue weighted by Crippen LogP contribution is -2.51. The van der Waals surface area contributed by atoms with E-state index in [1.54, 1.807) is 28.0 Å². The molecule has 0 aliphatic carbocycles. The van der Waals surface area contributed by atoms with Crippen LogP contribution in [0.3, 0.4) is 0 Å². The summed E-state index contributed by atoms with van der Waals surface area (Å²) in [7, 11) is 0. The summed E-state index contributed by atoms with van der Waals surface area (Å²) in [6.45, 7) is 3.35. The van der Waals surface area contributed by atoms with Crippen LogP contribution in [0.2, 0.25) is 0 Å². The fraction of sp³-hybridized carbons (Fsp3) is 0.333. The number of pyridine rings is 1. The highest BCUT2D eigenvalue weighted by Gasteiger charge is 2.23. The average Bonchev–Trinajstić information content (AvgIpc) is 2.65. The van der Waals surface area contributed by atoms with Gasteiger partial charge in [-0.2, -0.15) is 0 Å². The van der Waals surface area contributed by atoms with Crippen molar-refractivity contribution >= 4 is 28.6 Å². The summed E-state index contributed by atoms with van der Waals surface area (Å²) in [5.74, 6) is -0.433. The predicted octanol–water partition coefficient (Wildman–Crippen LogP) is 0.403. The fourth-order valence-corrected chi connectivity index (χ4v) is 2.89. The Morgan fingerprint density at radius 3 is 2.42 bits per heavy atom. The summed E-state index contributed by atoms with van der Waals surface area (Å²) < 4.78 is 5.68. The zero-order chi connectivity index (χ0) is 18.7. The number of ether oxygens (including phenoxy) is 1. The summed E-state index contributed by atoms with van der Waals surface area (Å²) in [5.41, 5.74) is 5.97. The van der Waals surface area contributed by atoms with Crippen LogP contribution < -0.4 is 10.5 Å². The number of rotatable bonds is 4. The van der Waals surface area contributed by atoms with Crippen LogP contribution in [-0.2, 0) is 9.59 Å². The second kappa shape index (κ2) is 7.38. The highest BCUT2D eigenvalue weighted by molar-refractivity contribution is 5.96. The monoisotopic (exact) mass is 356 g/mol. The Morgan fingerprint density at radius 2 is 1.77 bits per heavy atom. The number of hydrogen-bond acceptors (Lipinski definition) is 5. The lowest BCUT2D eigenvalue weighted by molar-refractivity contribution is -0.139. The van der Waals surface area contributed by atoms with E-state index >= 15 is 0 Å². The predicted molar refractivity (Wildman–Crippen MR) is 94.6 cm³/mol. The van der Waals surface area contributed by atoms with E-state index < -0.39 is 5.91 Å². The number of primary amides is 1. The molecule has 2 heterocycles. The van der Waals surface area contributed by atoms with Gasteiger partial charge in [0.25, 0.3) is 11.8 Å². The maximum absolute atomic E-state index is 12.4. The molecule has 1 aromatic carbocycles. The number of para-hydroxylation sites is 1. The second-order valence-electron chi connectivity index (χ2n) is 6.06. The van der Waals surface area contributed by atoms with Crippen molar-refractivity contribution in [3.63, 3.8) is 0 Å². The number of aromatic nitrogens is 1. The summed E-state index contributed by atoms with van der Waals surface area (Å²) in [6.07, 6.45) is 0. The number of fused-ring (bicyclic) bond motifs is 1. The highest BCUT2D eigenvalue weighted by Crippen LogP contribution is 2.25. The molecular formula is C18H20N4O4. The van der Waals surface area contributed by atoms with E-state index in [4.69, 9.17) is 10.5 Å². The first-order valence-electron chi connectivity index (χ1n) is 8.31. The molecule has 0 radical (unpaired) electrons. The molecule has 3 rings (SSSR count). The van der Waals surface area contributed by atoms with Crippen molar-refractivity contribution in [1.29, 1.82) is 0 Å². The Morgan fingerprint density at radius 1 is 1.12 bits per heavy atom. The normalized spacial score (nSPS) is 14.3. The van der Waals surface area contributed by atoms with Crippen LogP contribution >= 0.6 is 0 Å². The zero-order valence-corrected chi connectivity index (χ0v) is 14.5. The molecule has 1 saturated heterocycles. The molecule has 136 valence electrons. The molecule has 8 heteroatoms. The average molecular weight is 356 g/mol. The highest BCUT2D eigenvalue weighted by atomic mass is 16.5. The number of carbonyl (C=O) groups excluding carboxylic acids is 3. The standard InChI is InChI=1S/C18H20N4O4/c1-12(23)21-6-8-22(9-7-21)17(24)11-26-16-10-15(18(19)25)20-14-5-3-2-4-13(14)16/h2-5,10H,6-9,11H2,1H3,(H2,19,25). The Bertz CT molecular complexity index is 859. The molecule has 1 aliphatic heterocycles. The van der Waals surface area contributed by atoms with E-state index in [2.05, 4.69) is 4.98 Å². The number of carbonyl (C=O) groups is 3. The van der Waals surface area contributed by atoms with Gasteiger partial charge in [-0.15, -0.1) is 0 Å². The second-order valence-corrected chi connectivity index (χ2v) is 6.06. The van der Waals surface area contributed by atoms with Crippen LogP contribution in [0.15, 0.2) is 30.3 Å². The van der Waals surface area contributed by atoms with Crippen molar-refractivity contribution in [2.24, 2.45) is 5.73 Å². The minimum atomic E-state index is -0.660. The van der Waals surface area contributed by atoms with Crippen LogP contribution in [-0.4, -0.2) is 65.3 Å². The summed E-state index contributed by atoms with van der Waals surface area (Å²) in [4.78, 5) is 42.8. The Kier molecular flexibility index (Phi) is 5.01. The number of nitrogens with two attached hydrogens (primary N) is 1. The van der Waals surface area contributed by atoms with Gasteiger partial charge in [0.2, 0.25) is 5.91 Å². The Labute approximate surface area is 150 Å². The molecule has 0 unspecified atom stereocenters. The van der Waals surface area contributed by atoms with Gasteiger partial charge in [-0.1, -0.05) is 12.1 Å². The van der Waals surface area contributed by atoms with E-state index in [-0.39, 0.29) is 24.1 Å². The smallest absolute Gasteiger partial charge is 0.267 e. The number of benzene rings is 1. The third-order valence-electron chi connectivity index (χ3n) is 4.36. The third kappa shape index (κ3) is 3.74. The molecule has 26 heavy (non-hydrogen) atoms. The van der Waals surface area contributed by atoms with Gasteiger partial charge < -0.3 is 20.3 Å². The van der Waals surface area contributed by atoms with Crippen molar-refractivity contribution in [2.75, 3.05) is 32.8 Å². The van der Waals surface area contributed by atoms with Gasteiger partial charge in [0.15, 0.2) is 6.61 Å².